The molecule has 1 atom stereocenters. The molecule has 1 heterocycles. The fraction of sp³-hybridized carbons (Fsp3) is 0.625. The van der Waals surface area contributed by atoms with Crippen LogP contribution in [0.3, 0.4) is 0 Å². The minimum absolute atomic E-state index is 0.158. The Kier molecular flexibility index (Phi) is 1.79. The molecule has 1 amide bonds. The van der Waals surface area contributed by atoms with Crippen molar-refractivity contribution in [1.29, 1.82) is 0 Å². The van der Waals surface area contributed by atoms with Gasteiger partial charge in [-0.25, -0.2) is 0 Å². The van der Waals surface area contributed by atoms with Gasteiger partial charge < -0.3 is 4.90 Å². The second kappa shape index (κ2) is 2.45. The predicted molar refractivity (Wildman–Crippen MR) is 40.6 cm³/mol. The van der Waals surface area contributed by atoms with Gasteiger partial charge in [0.1, 0.15) is 0 Å². The van der Waals surface area contributed by atoms with Crippen LogP contribution in [0.2, 0.25) is 0 Å². The van der Waals surface area contributed by atoms with Crippen LogP contribution in [-0.4, -0.2) is 23.9 Å². The monoisotopic (exact) mass is 139 g/mol. The summed E-state index contributed by atoms with van der Waals surface area (Å²) in [6.45, 7) is 9.19. The lowest BCUT2D eigenvalue weighted by atomic mass is 10.1. The van der Waals surface area contributed by atoms with Crippen LogP contribution in [0.1, 0.15) is 13.8 Å². The number of amides is 1. The molecule has 0 bridgehead atoms. The Morgan fingerprint density at radius 3 is 2.60 bits per heavy atom. The topological polar surface area (TPSA) is 20.3 Å². The van der Waals surface area contributed by atoms with Gasteiger partial charge in [0.15, 0.2) is 0 Å². The molecule has 0 aromatic rings. The van der Waals surface area contributed by atoms with Crippen molar-refractivity contribution in [2.75, 3.05) is 13.1 Å². The van der Waals surface area contributed by atoms with Crippen molar-refractivity contribution < 1.29 is 4.79 Å². The molecule has 0 saturated carbocycles. The van der Waals surface area contributed by atoms with E-state index in [1.54, 1.807) is 6.92 Å². The largest absolute Gasteiger partial charge is 0.338 e. The third-order valence-corrected chi connectivity index (χ3v) is 2.03. The highest BCUT2D eigenvalue weighted by Crippen LogP contribution is 2.19. The normalized spacial score (nSPS) is 25.6. The number of hydrogen-bond acceptors (Lipinski definition) is 1. The number of nitrogens with zero attached hydrogens (tertiary/aromatic N) is 1. The summed E-state index contributed by atoms with van der Waals surface area (Å²) < 4.78 is 0. The zero-order valence-corrected chi connectivity index (χ0v) is 6.55. The third kappa shape index (κ3) is 1.20. The molecule has 0 radical (unpaired) electrons. The molecule has 0 aromatic carbocycles. The van der Waals surface area contributed by atoms with Crippen LogP contribution in [-0.2, 0) is 4.79 Å². The Balaban J connectivity index is 2.57. The van der Waals surface area contributed by atoms with E-state index in [4.69, 9.17) is 0 Å². The summed E-state index contributed by atoms with van der Waals surface area (Å²) in [5.74, 6) is 0.648. The van der Waals surface area contributed by atoms with Crippen LogP contribution in [0.25, 0.3) is 0 Å². The highest BCUT2D eigenvalue weighted by Gasteiger charge is 2.23. The molecule has 1 unspecified atom stereocenters. The summed E-state index contributed by atoms with van der Waals surface area (Å²) in [6, 6.07) is 0. The van der Waals surface area contributed by atoms with Crippen LogP contribution in [0.15, 0.2) is 12.2 Å². The van der Waals surface area contributed by atoms with E-state index in [2.05, 4.69) is 13.5 Å². The van der Waals surface area contributed by atoms with E-state index in [0.717, 1.165) is 13.1 Å². The lowest BCUT2D eigenvalue weighted by molar-refractivity contribution is -0.127. The highest BCUT2D eigenvalue weighted by molar-refractivity contribution is 5.74. The number of rotatable bonds is 0. The van der Waals surface area contributed by atoms with Gasteiger partial charge in [-0.2, -0.15) is 0 Å². The maximum atomic E-state index is 10.8. The molecule has 1 rings (SSSR count). The molecule has 2 nitrogen and oxygen atoms in total. The standard InChI is InChI=1S/C8H13NO/c1-6-4-9(8(3)10)5-7(6)2/h7H,1,4-5H2,2-3H3. The molecular formula is C8H13NO. The second-order valence-electron chi connectivity index (χ2n) is 2.96. The summed E-state index contributed by atoms with van der Waals surface area (Å²) >= 11 is 0. The minimum atomic E-state index is 0.158. The molecule has 0 spiro atoms. The van der Waals surface area contributed by atoms with Crippen LogP contribution >= 0.6 is 0 Å². The van der Waals surface area contributed by atoms with Gasteiger partial charge in [0.2, 0.25) is 5.91 Å². The Morgan fingerprint density at radius 1 is 1.80 bits per heavy atom. The molecule has 1 fully saturated rings. The van der Waals surface area contributed by atoms with Gasteiger partial charge in [-0.1, -0.05) is 19.1 Å². The summed E-state index contributed by atoms with van der Waals surface area (Å²) in [5.41, 5.74) is 1.18. The number of carbonyl (C=O) groups excluding carboxylic acids is 1. The first-order valence-corrected chi connectivity index (χ1v) is 3.54. The van der Waals surface area contributed by atoms with Gasteiger partial charge in [0.05, 0.1) is 0 Å². The van der Waals surface area contributed by atoms with E-state index >= 15 is 0 Å². The van der Waals surface area contributed by atoms with Crippen molar-refractivity contribution in [3.63, 3.8) is 0 Å². The SMILES string of the molecule is C=C1CN(C(C)=O)CC1C. The molecular weight excluding hydrogens is 126 g/mol. The van der Waals surface area contributed by atoms with E-state index in [9.17, 15) is 4.79 Å². The lowest BCUT2D eigenvalue weighted by Gasteiger charge is -2.10. The quantitative estimate of drug-likeness (QED) is 0.459. The van der Waals surface area contributed by atoms with Crippen LogP contribution in [0.4, 0.5) is 0 Å². The summed E-state index contributed by atoms with van der Waals surface area (Å²) in [5, 5.41) is 0. The molecule has 56 valence electrons. The maximum absolute atomic E-state index is 10.8. The Bertz CT molecular complexity index is 174. The van der Waals surface area contributed by atoms with E-state index in [1.165, 1.54) is 5.57 Å². The molecule has 1 aliphatic rings. The molecule has 1 saturated heterocycles. The van der Waals surface area contributed by atoms with Crippen molar-refractivity contribution in [1.82, 2.24) is 4.90 Å². The summed E-state index contributed by atoms with van der Waals surface area (Å²) in [6.07, 6.45) is 0. The van der Waals surface area contributed by atoms with Gasteiger partial charge in [-0.15, -0.1) is 0 Å². The Hall–Kier alpha value is -0.790. The van der Waals surface area contributed by atoms with E-state index < -0.39 is 0 Å². The average molecular weight is 139 g/mol. The van der Waals surface area contributed by atoms with Gasteiger partial charge in [0, 0.05) is 20.0 Å². The van der Waals surface area contributed by atoms with Crippen LogP contribution in [0.5, 0.6) is 0 Å². The van der Waals surface area contributed by atoms with E-state index in [1.807, 2.05) is 4.90 Å². The number of carbonyl (C=O) groups is 1. The predicted octanol–water partition coefficient (Wildman–Crippen LogP) is 1.04. The molecule has 2 heteroatoms. The first-order valence-electron chi connectivity index (χ1n) is 3.54. The molecule has 0 aromatic heterocycles. The van der Waals surface area contributed by atoms with Crippen LogP contribution < -0.4 is 0 Å². The first kappa shape index (κ1) is 7.32. The van der Waals surface area contributed by atoms with Crippen molar-refractivity contribution in [2.45, 2.75) is 13.8 Å². The van der Waals surface area contributed by atoms with Gasteiger partial charge in [-0.3, -0.25) is 4.79 Å². The lowest BCUT2D eigenvalue weighted by Crippen LogP contribution is -2.25. The van der Waals surface area contributed by atoms with Crippen molar-refractivity contribution in [2.24, 2.45) is 5.92 Å². The average Bonchev–Trinajstić information content (AvgIpc) is 2.13. The molecule has 0 aliphatic carbocycles. The fourth-order valence-corrected chi connectivity index (χ4v) is 1.17. The molecule has 1 aliphatic heterocycles. The summed E-state index contributed by atoms with van der Waals surface area (Å²) in [7, 11) is 0. The zero-order valence-electron chi connectivity index (χ0n) is 6.55. The minimum Gasteiger partial charge on any atom is -0.338 e. The highest BCUT2D eigenvalue weighted by atomic mass is 16.2. The van der Waals surface area contributed by atoms with Gasteiger partial charge >= 0.3 is 0 Å². The van der Waals surface area contributed by atoms with Crippen LogP contribution in [0, 0.1) is 5.92 Å². The maximum Gasteiger partial charge on any atom is 0.219 e. The second-order valence-corrected chi connectivity index (χ2v) is 2.96. The van der Waals surface area contributed by atoms with E-state index in [0.29, 0.717) is 5.92 Å². The zero-order chi connectivity index (χ0) is 7.72. The molecule has 0 N–H and O–H groups in total. The fourth-order valence-electron chi connectivity index (χ4n) is 1.17. The summed E-state index contributed by atoms with van der Waals surface area (Å²) in [4.78, 5) is 12.6. The first-order chi connectivity index (χ1) is 4.61. The Morgan fingerprint density at radius 2 is 2.40 bits per heavy atom. The number of hydrogen-bond donors (Lipinski definition) is 0. The van der Waals surface area contributed by atoms with E-state index in [-0.39, 0.29) is 5.91 Å². The van der Waals surface area contributed by atoms with Crippen molar-refractivity contribution >= 4 is 5.91 Å². The van der Waals surface area contributed by atoms with Gasteiger partial charge in [-0.05, 0) is 5.92 Å². The molecule has 10 heavy (non-hydrogen) atoms. The third-order valence-electron chi connectivity index (χ3n) is 2.03. The smallest absolute Gasteiger partial charge is 0.219 e. The Labute approximate surface area is 61.5 Å². The van der Waals surface area contributed by atoms with Crippen molar-refractivity contribution in [3.05, 3.63) is 12.2 Å². The van der Waals surface area contributed by atoms with Crippen molar-refractivity contribution in [3.8, 4) is 0 Å². The van der Waals surface area contributed by atoms with Gasteiger partial charge in [0.25, 0.3) is 0 Å². The number of likely N-dealkylation sites (tertiary alicyclic amines) is 1.